The van der Waals surface area contributed by atoms with Crippen molar-refractivity contribution in [1.82, 2.24) is 10.6 Å². The van der Waals surface area contributed by atoms with Gasteiger partial charge in [0.2, 0.25) is 0 Å². The van der Waals surface area contributed by atoms with E-state index in [1.807, 2.05) is 30.5 Å². The average Bonchev–Trinajstić information content (AvgIpc) is 2.57. The van der Waals surface area contributed by atoms with E-state index in [2.05, 4.69) is 56.1 Å². The molecule has 129 valence electrons. The molecule has 0 saturated heterocycles. The van der Waals surface area contributed by atoms with Gasteiger partial charge in [-0.1, -0.05) is 12.1 Å². The third-order valence-electron chi connectivity index (χ3n) is 2.42. The fourth-order valence-electron chi connectivity index (χ4n) is 1.26. The number of thiol groups is 2. The van der Waals surface area contributed by atoms with Gasteiger partial charge in [-0.3, -0.25) is 10.6 Å². The Labute approximate surface area is 161 Å². The van der Waals surface area contributed by atoms with Gasteiger partial charge in [-0.25, -0.2) is 0 Å². The molecule has 1 rings (SSSR count). The summed E-state index contributed by atoms with van der Waals surface area (Å²) in [6.45, 7) is 0. The van der Waals surface area contributed by atoms with E-state index in [0.717, 1.165) is 5.56 Å². The van der Waals surface area contributed by atoms with Gasteiger partial charge in [-0.15, -0.1) is 11.8 Å². The number of benzene rings is 1. The topological polar surface area (TPSA) is 77.0 Å². The first-order valence-electron chi connectivity index (χ1n) is 6.25. The molecule has 0 saturated carbocycles. The molecule has 23 heavy (non-hydrogen) atoms. The second-order valence-electron chi connectivity index (χ2n) is 3.81. The molecule has 0 atom stereocenters. The zero-order chi connectivity index (χ0) is 16.4. The first-order valence-corrected chi connectivity index (χ1v) is 8.37. The molecule has 0 aliphatic heterocycles. The van der Waals surface area contributed by atoms with Gasteiger partial charge < -0.3 is 21.1 Å². The Bertz CT molecular complexity index is 574. The van der Waals surface area contributed by atoms with Crippen LogP contribution in [0.1, 0.15) is 5.56 Å². The molecule has 2 N–H and O–H groups in total. The SMILES string of the molecule is CNC(=[SH+])[N-]N=CC(=N[N-]C(=[SH+])NC)c1ccc(SC)cc1.[Cu]. The molecule has 1 radical (unpaired) electrons. The van der Waals surface area contributed by atoms with Crippen LogP contribution in [0.25, 0.3) is 10.9 Å². The van der Waals surface area contributed by atoms with Crippen molar-refractivity contribution in [2.24, 2.45) is 10.2 Å². The molecule has 1 aromatic rings. The van der Waals surface area contributed by atoms with Crippen LogP contribution in [0, 0.1) is 0 Å². The first kappa shape index (κ1) is 22.1. The predicted molar refractivity (Wildman–Crippen MR) is 106 cm³/mol. The smallest absolute Gasteiger partial charge is 0.186 e. The van der Waals surface area contributed by atoms with E-state index in [1.54, 1.807) is 25.9 Å². The largest absolute Gasteiger partial charge is 0.515 e. The van der Waals surface area contributed by atoms with Crippen LogP contribution >= 0.6 is 11.8 Å². The summed E-state index contributed by atoms with van der Waals surface area (Å²) in [7, 11) is 3.43. The van der Waals surface area contributed by atoms with E-state index < -0.39 is 0 Å². The molecule has 0 spiro atoms. The summed E-state index contributed by atoms with van der Waals surface area (Å²) in [5, 5.41) is 14.4. The molecular weight excluding hydrogens is 400 g/mol. The Hall–Kier alpha value is -0.871. The van der Waals surface area contributed by atoms with Crippen LogP contribution in [-0.4, -0.2) is 42.5 Å². The molecule has 0 heterocycles. The van der Waals surface area contributed by atoms with Crippen LogP contribution in [-0.2, 0) is 41.5 Å². The molecule has 0 aliphatic carbocycles. The van der Waals surface area contributed by atoms with Gasteiger partial charge >= 0.3 is 0 Å². The Kier molecular flexibility index (Phi) is 12.1. The quantitative estimate of drug-likeness (QED) is 0.143. The van der Waals surface area contributed by atoms with E-state index >= 15 is 0 Å². The summed E-state index contributed by atoms with van der Waals surface area (Å²) in [4.78, 5) is 1.17. The normalized spacial score (nSPS) is 11.0. The monoisotopic (exact) mass is 417 g/mol. The minimum Gasteiger partial charge on any atom is -0.515 e. The van der Waals surface area contributed by atoms with Crippen LogP contribution in [0.5, 0.6) is 0 Å². The Morgan fingerprint density at radius 1 is 1.09 bits per heavy atom. The molecule has 6 nitrogen and oxygen atoms in total. The molecule has 0 aliphatic rings. The summed E-state index contributed by atoms with van der Waals surface area (Å²) in [6, 6.07) is 7.92. The van der Waals surface area contributed by atoms with Gasteiger partial charge in [-0.05, 0) is 38.0 Å². The second-order valence-corrected chi connectivity index (χ2v) is 5.53. The van der Waals surface area contributed by atoms with Gasteiger partial charge in [0, 0.05) is 28.2 Å². The van der Waals surface area contributed by atoms with Gasteiger partial charge in [0.25, 0.3) is 0 Å². The Morgan fingerprint density at radius 3 is 2.17 bits per heavy atom. The summed E-state index contributed by atoms with van der Waals surface area (Å²) in [6.07, 6.45) is 3.54. The van der Waals surface area contributed by atoms with Crippen molar-refractivity contribution < 1.29 is 17.1 Å². The van der Waals surface area contributed by atoms with Crippen LogP contribution in [0.3, 0.4) is 0 Å². The van der Waals surface area contributed by atoms with E-state index in [0.29, 0.717) is 15.9 Å². The van der Waals surface area contributed by atoms with E-state index in [1.165, 1.54) is 11.1 Å². The number of thioether (sulfide) groups is 1. The van der Waals surface area contributed by atoms with E-state index in [9.17, 15) is 0 Å². The number of nitrogens with one attached hydrogen (secondary N) is 2. The first-order chi connectivity index (χ1) is 10.6. The summed E-state index contributed by atoms with van der Waals surface area (Å²) in [5.41, 5.74) is 9.26. The van der Waals surface area contributed by atoms with Gasteiger partial charge in [0.15, 0.2) is 34.7 Å². The maximum atomic E-state index is 4.14. The minimum atomic E-state index is 0. The number of rotatable bonds is 5. The molecule has 0 bridgehead atoms. The number of hydrogen-bond acceptors (Lipinski definition) is 3. The average molecular weight is 418 g/mol. The van der Waals surface area contributed by atoms with Crippen molar-refractivity contribution in [2.45, 2.75) is 4.90 Å². The predicted octanol–water partition coefficient (Wildman–Crippen LogP) is 1.02. The van der Waals surface area contributed by atoms with Crippen LogP contribution in [0.15, 0.2) is 39.4 Å². The Balaban J connectivity index is 0.00000484. The molecule has 10 heteroatoms. The molecule has 0 amide bonds. The fraction of sp³-hybridized carbons (Fsp3) is 0.231. The number of nitrogens with zero attached hydrogens (tertiary/aromatic N) is 4. The van der Waals surface area contributed by atoms with Crippen molar-refractivity contribution >= 4 is 58.3 Å². The van der Waals surface area contributed by atoms with Crippen molar-refractivity contribution in [3.63, 3.8) is 0 Å². The maximum Gasteiger partial charge on any atom is 0.186 e. The van der Waals surface area contributed by atoms with Crippen molar-refractivity contribution in [2.75, 3.05) is 20.4 Å². The van der Waals surface area contributed by atoms with Gasteiger partial charge in [0.1, 0.15) is 0 Å². The standard InChI is InChI=1S/C13H18N6S3.Cu/c1-14-12(20)18-16-8-11(17-19-13(21)15-2)9-4-6-10(22-3)7-5-9;/h4-8H,1-3H3,(H4,14,15,16,17,18,19,20,21);. The molecule has 0 aromatic heterocycles. The minimum absolute atomic E-state index is 0. The maximum absolute atomic E-state index is 4.14. The van der Waals surface area contributed by atoms with Crippen molar-refractivity contribution in [1.29, 1.82) is 0 Å². The summed E-state index contributed by atoms with van der Waals surface area (Å²) in [5.74, 6) is 0. The molecule has 0 unspecified atom stereocenters. The van der Waals surface area contributed by atoms with Crippen molar-refractivity contribution in [3.05, 3.63) is 40.7 Å². The van der Waals surface area contributed by atoms with Crippen LogP contribution in [0.4, 0.5) is 0 Å². The third-order valence-corrected chi connectivity index (χ3v) is 3.79. The zero-order valence-corrected chi connectivity index (χ0v) is 16.3. The zero-order valence-electron chi connectivity index (χ0n) is 12.8. The van der Waals surface area contributed by atoms with E-state index in [-0.39, 0.29) is 17.1 Å². The van der Waals surface area contributed by atoms with Crippen LogP contribution in [0.2, 0.25) is 0 Å². The van der Waals surface area contributed by atoms with E-state index in [4.69, 9.17) is 0 Å². The fourth-order valence-corrected chi connectivity index (χ4v) is 1.76. The molecule has 1 aromatic carbocycles. The molecular formula is C13H18CuN6S3. The van der Waals surface area contributed by atoms with Gasteiger partial charge in [-0.2, -0.15) is 0 Å². The Morgan fingerprint density at radius 2 is 1.65 bits per heavy atom. The summed E-state index contributed by atoms with van der Waals surface area (Å²) >= 11 is 9.87. The van der Waals surface area contributed by atoms with Gasteiger partial charge in [0.05, 0.1) is 5.71 Å². The van der Waals surface area contributed by atoms with Crippen LogP contribution < -0.4 is 10.6 Å². The molecule has 0 fully saturated rings. The summed E-state index contributed by atoms with van der Waals surface area (Å²) < 4.78 is 0. The third kappa shape index (κ3) is 8.52. The number of hydrogen-bond donors (Lipinski definition) is 2. The second kappa shape index (κ2) is 12.5. The van der Waals surface area contributed by atoms with Crippen molar-refractivity contribution in [3.8, 4) is 0 Å².